The Bertz CT molecular complexity index is 1180. The Hall–Kier alpha value is -3.43. The summed E-state index contributed by atoms with van der Waals surface area (Å²) in [6, 6.07) is 13.1. The zero-order valence-corrected chi connectivity index (χ0v) is 21.3. The van der Waals surface area contributed by atoms with Gasteiger partial charge in [0.05, 0.1) is 24.1 Å². The molecule has 0 bridgehead atoms. The van der Waals surface area contributed by atoms with Crippen LogP contribution in [0, 0.1) is 0 Å². The normalized spacial score (nSPS) is 23.1. The summed E-state index contributed by atoms with van der Waals surface area (Å²) in [6.45, 7) is 1.56. The third-order valence-corrected chi connectivity index (χ3v) is 7.46. The molecule has 5 rings (SSSR count). The van der Waals surface area contributed by atoms with Crippen LogP contribution < -0.4 is 10.1 Å². The number of nitrogens with one attached hydrogen (secondary N) is 1. The SMILES string of the molecule is COCC(=O)Nc1ccc2c(c1)C(=O)N(C)[C@H]1CC[C@@H](CC(=O)N3CCc4ccccc4C3)O[C@@H]1CO2. The van der Waals surface area contributed by atoms with E-state index in [2.05, 4.69) is 17.4 Å². The average Bonchev–Trinajstić information content (AvgIpc) is 2.91. The molecule has 0 aromatic heterocycles. The van der Waals surface area contributed by atoms with Crippen molar-refractivity contribution in [1.82, 2.24) is 9.80 Å². The van der Waals surface area contributed by atoms with Crippen molar-refractivity contribution in [3.05, 3.63) is 59.2 Å². The van der Waals surface area contributed by atoms with Gasteiger partial charge in [-0.3, -0.25) is 14.4 Å². The summed E-state index contributed by atoms with van der Waals surface area (Å²) in [5.41, 5.74) is 3.41. The molecular weight excluding hydrogens is 474 g/mol. The van der Waals surface area contributed by atoms with Crippen LogP contribution in [-0.2, 0) is 32.0 Å². The standard InChI is InChI=1S/C28H33N3O6/c1-30-23-9-8-21(14-27(33)31-12-11-18-5-3-4-6-19(18)15-31)37-25(23)16-36-24-10-7-20(13-22(24)28(30)34)29-26(32)17-35-2/h3-7,10,13,21,23,25H,8-9,11-12,14-17H2,1-2H3,(H,29,32)/t21-,23-,25+/m0/s1. The lowest BCUT2D eigenvalue weighted by Crippen LogP contribution is -2.54. The van der Waals surface area contributed by atoms with Gasteiger partial charge in [-0.2, -0.15) is 0 Å². The van der Waals surface area contributed by atoms with E-state index in [1.165, 1.54) is 18.2 Å². The lowest BCUT2D eigenvalue weighted by atomic mass is 9.94. The Balaban J connectivity index is 1.23. The maximum Gasteiger partial charge on any atom is 0.257 e. The molecule has 1 N–H and O–H groups in total. The molecule has 1 fully saturated rings. The summed E-state index contributed by atoms with van der Waals surface area (Å²) in [7, 11) is 3.22. The number of methoxy groups -OCH3 is 1. The first-order chi connectivity index (χ1) is 17.9. The van der Waals surface area contributed by atoms with Gasteiger partial charge >= 0.3 is 0 Å². The minimum Gasteiger partial charge on any atom is -0.490 e. The van der Waals surface area contributed by atoms with E-state index in [1.807, 2.05) is 17.0 Å². The van der Waals surface area contributed by atoms with Crippen molar-refractivity contribution in [2.45, 2.75) is 50.5 Å². The van der Waals surface area contributed by atoms with Crippen LogP contribution in [0.5, 0.6) is 5.75 Å². The van der Waals surface area contributed by atoms with Crippen molar-refractivity contribution in [3.8, 4) is 5.75 Å². The van der Waals surface area contributed by atoms with Crippen molar-refractivity contribution in [3.63, 3.8) is 0 Å². The van der Waals surface area contributed by atoms with Crippen molar-refractivity contribution in [2.24, 2.45) is 0 Å². The van der Waals surface area contributed by atoms with E-state index >= 15 is 0 Å². The first-order valence-corrected chi connectivity index (χ1v) is 12.8. The van der Waals surface area contributed by atoms with Gasteiger partial charge in [0.2, 0.25) is 11.8 Å². The van der Waals surface area contributed by atoms with E-state index in [9.17, 15) is 14.4 Å². The van der Waals surface area contributed by atoms with Crippen LogP contribution in [0.3, 0.4) is 0 Å². The topological polar surface area (TPSA) is 97.4 Å². The fraction of sp³-hybridized carbons (Fsp3) is 0.464. The fourth-order valence-electron chi connectivity index (χ4n) is 5.47. The first kappa shape index (κ1) is 25.2. The Morgan fingerprint density at radius 3 is 2.76 bits per heavy atom. The minimum atomic E-state index is -0.336. The lowest BCUT2D eigenvalue weighted by Gasteiger charge is -2.42. The van der Waals surface area contributed by atoms with Crippen LogP contribution in [0.15, 0.2) is 42.5 Å². The van der Waals surface area contributed by atoms with Gasteiger partial charge in [0.25, 0.3) is 5.91 Å². The van der Waals surface area contributed by atoms with E-state index in [1.54, 1.807) is 30.1 Å². The second-order valence-electron chi connectivity index (χ2n) is 9.90. The molecule has 37 heavy (non-hydrogen) atoms. The van der Waals surface area contributed by atoms with Gasteiger partial charge in [-0.25, -0.2) is 0 Å². The third-order valence-electron chi connectivity index (χ3n) is 7.46. The number of benzene rings is 2. The van der Waals surface area contributed by atoms with Crippen LogP contribution in [0.4, 0.5) is 5.69 Å². The Kier molecular flexibility index (Phi) is 7.43. The molecule has 0 aliphatic carbocycles. The van der Waals surface area contributed by atoms with Crippen molar-refractivity contribution < 1.29 is 28.6 Å². The van der Waals surface area contributed by atoms with E-state index in [0.717, 1.165) is 19.4 Å². The highest BCUT2D eigenvalue weighted by Gasteiger charge is 2.39. The van der Waals surface area contributed by atoms with Crippen LogP contribution >= 0.6 is 0 Å². The number of hydrogen-bond acceptors (Lipinski definition) is 6. The smallest absolute Gasteiger partial charge is 0.257 e. The number of amides is 3. The molecule has 9 nitrogen and oxygen atoms in total. The van der Waals surface area contributed by atoms with Crippen molar-refractivity contribution in [2.75, 3.05) is 39.2 Å². The summed E-state index contributed by atoms with van der Waals surface area (Å²) in [4.78, 5) is 42.0. The number of ether oxygens (including phenoxy) is 3. The fourth-order valence-corrected chi connectivity index (χ4v) is 5.47. The largest absolute Gasteiger partial charge is 0.490 e. The molecule has 0 spiro atoms. The predicted octanol–water partition coefficient (Wildman–Crippen LogP) is 2.63. The number of fused-ring (bicyclic) bond motifs is 3. The Morgan fingerprint density at radius 1 is 1.14 bits per heavy atom. The van der Waals surface area contributed by atoms with Gasteiger partial charge in [0, 0.05) is 32.9 Å². The highest BCUT2D eigenvalue weighted by Crippen LogP contribution is 2.33. The van der Waals surface area contributed by atoms with Crippen LogP contribution in [0.25, 0.3) is 0 Å². The monoisotopic (exact) mass is 507 g/mol. The average molecular weight is 508 g/mol. The Labute approximate surface area is 216 Å². The maximum absolute atomic E-state index is 13.4. The number of nitrogens with zero attached hydrogens (tertiary/aromatic N) is 2. The summed E-state index contributed by atoms with van der Waals surface area (Å²) >= 11 is 0. The zero-order valence-electron chi connectivity index (χ0n) is 21.3. The Morgan fingerprint density at radius 2 is 1.95 bits per heavy atom. The predicted molar refractivity (Wildman–Crippen MR) is 136 cm³/mol. The summed E-state index contributed by atoms with van der Waals surface area (Å²) in [6.07, 6.45) is 2.05. The number of rotatable bonds is 5. The quantitative estimate of drug-likeness (QED) is 0.668. The number of anilines is 1. The van der Waals surface area contributed by atoms with Gasteiger partial charge in [0.15, 0.2) is 0 Å². The second kappa shape index (κ2) is 10.9. The molecule has 3 aliphatic rings. The molecule has 0 saturated carbocycles. The van der Waals surface area contributed by atoms with Crippen LogP contribution in [0.2, 0.25) is 0 Å². The van der Waals surface area contributed by atoms with Gasteiger partial charge in [-0.15, -0.1) is 0 Å². The number of hydrogen-bond donors (Lipinski definition) is 1. The maximum atomic E-state index is 13.4. The molecule has 3 heterocycles. The molecule has 2 aromatic rings. The van der Waals surface area contributed by atoms with Crippen molar-refractivity contribution >= 4 is 23.4 Å². The van der Waals surface area contributed by atoms with Crippen LogP contribution in [-0.4, -0.2) is 79.7 Å². The van der Waals surface area contributed by atoms with E-state index in [-0.39, 0.29) is 49.2 Å². The molecule has 3 atom stereocenters. The highest BCUT2D eigenvalue weighted by atomic mass is 16.5. The highest BCUT2D eigenvalue weighted by molar-refractivity contribution is 6.00. The molecule has 3 aliphatic heterocycles. The molecular formula is C28H33N3O6. The molecule has 1 saturated heterocycles. The van der Waals surface area contributed by atoms with Gasteiger partial charge < -0.3 is 29.3 Å². The minimum absolute atomic E-state index is 0.0722. The number of carbonyl (C=O) groups is 3. The number of carbonyl (C=O) groups excluding carboxylic acids is 3. The zero-order chi connectivity index (χ0) is 25.9. The molecule has 196 valence electrons. The second-order valence-corrected chi connectivity index (χ2v) is 9.90. The molecule has 0 radical (unpaired) electrons. The van der Waals surface area contributed by atoms with Gasteiger partial charge in [-0.1, -0.05) is 24.3 Å². The molecule has 3 amide bonds. The van der Waals surface area contributed by atoms with Gasteiger partial charge in [-0.05, 0) is 48.6 Å². The molecule has 2 aromatic carbocycles. The van der Waals surface area contributed by atoms with E-state index in [0.29, 0.717) is 36.4 Å². The third kappa shape index (κ3) is 5.47. The van der Waals surface area contributed by atoms with Crippen LogP contribution in [0.1, 0.15) is 40.7 Å². The first-order valence-electron chi connectivity index (χ1n) is 12.8. The van der Waals surface area contributed by atoms with Gasteiger partial charge in [0.1, 0.15) is 25.1 Å². The summed E-state index contributed by atoms with van der Waals surface area (Å²) < 4.78 is 17.2. The molecule has 0 unspecified atom stereocenters. The lowest BCUT2D eigenvalue weighted by molar-refractivity contribution is -0.143. The number of likely N-dealkylation sites (N-methyl/N-ethyl adjacent to an activating group) is 1. The summed E-state index contributed by atoms with van der Waals surface area (Å²) in [5.74, 6) is 0.0409. The van der Waals surface area contributed by atoms with Crippen molar-refractivity contribution in [1.29, 1.82) is 0 Å². The van der Waals surface area contributed by atoms with E-state index < -0.39 is 0 Å². The summed E-state index contributed by atoms with van der Waals surface area (Å²) in [5, 5.41) is 2.73. The van der Waals surface area contributed by atoms with E-state index in [4.69, 9.17) is 14.2 Å². The molecule has 9 heteroatoms.